The van der Waals surface area contributed by atoms with Gasteiger partial charge in [0.15, 0.2) is 5.96 Å². The second kappa shape index (κ2) is 7.33. The molecule has 2 aliphatic rings. The number of nitrogens with zero attached hydrogens (tertiary/aromatic N) is 1. The highest BCUT2D eigenvalue weighted by Gasteiger charge is 2.34. The van der Waals surface area contributed by atoms with E-state index in [9.17, 15) is 4.79 Å². The lowest BCUT2D eigenvalue weighted by Crippen LogP contribution is -2.46. The first-order valence-corrected chi connectivity index (χ1v) is 9.01. The predicted molar refractivity (Wildman–Crippen MR) is 98.7 cm³/mol. The zero-order valence-corrected chi connectivity index (χ0v) is 15.3. The summed E-state index contributed by atoms with van der Waals surface area (Å²) in [6, 6.07) is 8.25. The van der Waals surface area contributed by atoms with Crippen molar-refractivity contribution in [1.82, 2.24) is 16.0 Å². The number of benzene rings is 1. The fraction of sp³-hybridized carbons (Fsp3) is 0.579. The lowest BCUT2D eigenvalue weighted by atomic mass is 9.90. The summed E-state index contributed by atoms with van der Waals surface area (Å²) in [5.74, 6) is 2.07. The Morgan fingerprint density at radius 2 is 1.96 bits per heavy atom. The molecule has 3 N–H and O–H groups in total. The molecule has 6 heteroatoms. The van der Waals surface area contributed by atoms with E-state index in [1.165, 1.54) is 0 Å². The zero-order chi connectivity index (χ0) is 17.9. The summed E-state index contributed by atoms with van der Waals surface area (Å²) in [6.45, 7) is 5.45. The lowest BCUT2D eigenvalue weighted by molar-refractivity contribution is -0.122. The highest BCUT2D eigenvalue weighted by atomic mass is 16.5. The fourth-order valence-corrected chi connectivity index (χ4v) is 3.15. The van der Waals surface area contributed by atoms with E-state index in [0.717, 1.165) is 36.5 Å². The van der Waals surface area contributed by atoms with Gasteiger partial charge in [0, 0.05) is 38.0 Å². The molecule has 1 aliphatic heterocycles. The van der Waals surface area contributed by atoms with Gasteiger partial charge in [0.2, 0.25) is 5.91 Å². The summed E-state index contributed by atoms with van der Waals surface area (Å²) in [6.07, 6.45) is 2.91. The molecule has 0 bridgehead atoms. The maximum Gasteiger partial charge on any atom is 0.223 e. The molecule has 1 unspecified atom stereocenters. The molecule has 6 nitrogen and oxygen atoms in total. The van der Waals surface area contributed by atoms with Gasteiger partial charge in [0.1, 0.15) is 11.4 Å². The standard InChI is InChI=1S/C19H28N4O2/c1-19(2)12-15(14-6-4-5-7-16(14)25-19)23-18(20-3)22-11-10-21-17(24)13-8-9-13/h4-7,13,15H,8-12H2,1-3H3,(H,21,24)(H2,20,22,23). The number of hydrogen-bond donors (Lipinski definition) is 3. The van der Waals surface area contributed by atoms with Crippen LogP contribution in [0, 0.1) is 5.92 Å². The largest absolute Gasteiger partial charge is 0.487 e. The molecule has 1 fully saturated rings. The number of amides is 1. The van der Waals surface area contributed by atoms with Gasteiger partial charge in [-0.15, -0.1) is 0 Å². The Kier molecular flexibility index (Phi) is 5.16. The van der Waals surface area contributed by atoms with E-state index in [-0.39, 0.29) is 23.5 Å². The third-order valence-electron chi connectivity index (χ3n) is 4.58. The number of guanidine groups is 1. The minimum Gasteiger partial charge on any atom is -0.487 e. The highest BCUT2D eigenvalue weighted by molar-refractivity contribution is 5.81. The zero-order valence-electron chi connectivity index (χ0n) is 15.3. The van der Waals surface area contributed by atoms with E-state index < -0.39 is 0 Å². The number of carbonyl (C=O) groups is 1. The van der Waals surface area contributed by atoms with Crippen LogP contribution in [0.4, 0.5) is 0 Å². The normalized spacial score (nSPS) is 21.7. The lowest BCUT2D eigenvalue weighted by Gasteiger charge is -2.38. The molecule has 1 aliphatic carbocycles. The third kappa shape index (κ3) is 4.65. The number of carbonyl (C=O) groups excluding carboxylic acids is 1. The number of fused-ring (bicyclic) bond motifs is 1. The second-order valence-electron chi connectivity index (χ2n) is 7.36. The summed E-state index contributed by atoms with van der Waals surface area (Å²) in [5.41, 5.74) is 0.912. The van der Waals surface area contributed by atoms with Crippen LogP contribution >= 0.6 is 0 Å². The predicted octanol–water partition coefficient (Wildman–Crippen LogP) is 1.98. The number of nitrogens with one attached hydrogen (secondary N) is 3. The van der Waals surface area contributed by atoms with Gasteiger partial charge in [-0.25, -0.2) is 0 Å². The molecule has 0 spiro atoms. The maximum absolute atomic E-state index is 11.6. The van der Waals surface area contributed by atoms with Gasteiger partial charge in [-0.1, -0.05) is 18.2 Å². The van der Waals surface area contributed by atoms with E-state index in [0.29, 0.717) is 13.1 Å². The average Bonchev–Trinajstić information content (AvgIpc) is 3.41. The Labute approximate surface area is 149 Å². The summed E-state index contributed by atoms with van der Waals surface area (Å²) in [7, 11) is 1.76. The monoisotopic (exact) mass is 344 g/mol. The molecule has 1 aromatic carbocycles. The van der Waals surface area contributed by atoms with Gasteiger partial charge in [-0.3, -0.25) is 9.79 Å². The molecule has 0 radical (unpaired) electrons. The minimum atomic E-state index is -0.233. The molecule has 3 rings (SSSR count). The SMILES string of the molecule is CN=C(NCCNC(=O)C1CC1)NC1CC(C)(C)Oc2ccccc21. The Hall–Kier alpha value is -2.24. The number of aliphatic imine (C=N–C) groups is 1. The van der Waals surface area contributed by atoms with Gasteiger partial charge < -0.3 is 20.7 Å². The van der Waals surface area contributed by atoms with Crippen LogP contribution in [-0.2, 0) is 4.79 Å². The van der Waals surface area contributed by atoms with Crippen molar-refractivity contribution in [2.24, 2.45) is 10.9 Å². The van der Waals surface area contributed by atoms with Crippen LogP contribution in [0.1, 0.15) is 44.7 Å². The van der Waals surface area contributed by atoms with Crippen LogP contribution in [0.25, 0.3) is 0 Å². The molecular weight excluding hydrogens is 316 g/mol. The molecule has 0 saturated heterocycles. The van der Waals surface area contributed by atoms with Gasteiger partial charge >= 0.3 is 0 Å². The molecule has 1 atom stereocenters. The van der Waals surface area contributed by atoms with Crippen molar-refractivity contribution >= 4 is 11.9 Å². The van der Waals surface area contributed by atoms with Crippen molar-refractivity contribution < 1.29 is 9.53 Å². The van der Waals surface area contributed by atoms with Crippen LogP contribution in [0.3, 0.4) is 0 Å². The molecule has 136 valence electrons. The van der Waals surface area contributed by atoms with Crippen LogP contribution in [0.2, 0.25) is 0 Å². The van der Waals surface area contributed by atoms with Crippen molar-refractivity contribution in [3.8, 4) is 5.75 Å². The molecule has 1 amide bonds. The van der Waals surface area contributed by atoms with Crippen LogP contribution in [0.5, 0.6) is 5.75 Å². The van der Waals surface area contributed by atoms with Gasteiger partial charge in [0.25, 0.3) is 0 Å². The Morgan fingerprint density at radius 1 is 1.24 bits per heavy atom. The van der Waals surface area contributed by atoms with Gasteiger partial charge in [-0.05, 0) is 32.8 Å². The summed E-state index contributed by atoms with van der Waals surface area (Å²) in [5, 5.41) is 9.71. The molecular formula is C19H28N4O2. The fourth-order valence-electron chi connectivity index (χ4n) is 3.15. The maximum atomic E-state index is 11.6. The number of rotatable bonds is 5. The topological polar surface area (TPSA) is 74.8 Å². The number of para-hydroxylation sites is 1. The smallest absolute Gasteiger partial charge is 0.223 e. The Morgan fingerprint density at radius 3 is 2.68 bits per heavy atom. The first-order chi connectivity index (χ1) is 12.0. The first kappa shape index (κ1) is 17.6. The van der Waals surface area contributed by atoms with Crippen LogP contribution < -0.4 is 20.7 Å². The van der Waals surface area contributed by atoms with Crippen LogP contribution in [0.15, 0.2) is 29.3 Å². The van der Waals surface area contributed by atoms with Crippen LogP contribution in [-0.4, -0.2) is 37.6 Å². The second-order valence-corrected chi connectivity index (χ2v) is 7.36. The van der Waals surface area contributed by atoms with Crippen molar-refractivity contribution in [1.29, 1.82) is 0 Å². The Balaban J connectivity index is 1.55. The van der Waals surface area contributed by atoms with Gasteiger partial charge in [0.05, 0.1) is 6.04 Å². The molecule has 1 aromatic rings. The minimum absolute atomic E-state index is 0.132. The van der Waals surface area contributed by atoms with E-state index in [2.05, 4.69) is 40.9 Å². The van der Waals surface area contributed by atoms with Gasteiger partial charge in [-0.2, -0.15) is 0 Å². The quantitative estimate of drug-likeness (QED) is 0.434. The molecule has 0 aromatic heterocycles. The molecule has 25 heavy (non-hydrogen) atoms. The summed E-state index contributed by atoms with van der Waals surface area (Å²) in [4.78, 5) is 16.0. The average molecular weight is 344 g/mol. The number of hydrogen-bond acceptors (Lipinski definition) is 3. The Bertz CT molecular complexity index is 653. The van der Waals surface area contributed by atoms with E-state index in [4.69, 9.17) is 4.74 Å². The van der Waals surface area contributed by atoms with Crippen molar-refractivity contribution in [2.75, 3.05) is 20.1 Å². The summed E-state index contributed by atoms with van der Waals surface area (Å²) < 4.78 is 6.07. The van der Waals surface area contributed by atoms with E-state index in [1.54, 1.807) is 7.05 Å². The van der Waals surface area contributed by atoms with Crippen molar-refractivity contribution in [3.63, 3.8) is 0 Å². The van der Waals surface area contributed by atoms with E-state index >= 15 is 0 Å². The third-order valence-corrected chi connectivity index (χ3v) is 4.58. The molecule has 1 saturated carbocycles. The van der Waals surface area contributed by atoms with Crippen molar-refractivity contribution in [3.05, 3.63) is 29.8 Å². The van der Waals surface area contributed by atoms with Crippen molar-refractivity contribution in [2.45, 2.75) is 44.8 Å². The highest BCUT2D eigenvalue weighted by Crippen LogP contribution is 2.39. The summed E-state index contributed by atoms with van der Waals surface area (Å²) >= 11 is 0. The number of ether oxygens (including phenoxy) is 1. The first-order valence-electron chi connectivity index (χ1n) is 9.01. The van der Waals surface area contributed by atoms with E-state index in [1.807, 2.05) is 18.2 Å². The molecule has 1 heterocycles.